The number of nitrogens with two attached hydrogens (primary N) is 1. The van der Waals surface area contributed by atoms with Crippen LogP contribution in [0.2, 0.25) is 0 Å². The number of rotatable bonds is 6. The van der Waals surface area contributed by atoms with Gasteiger partial charge in [0, 0.05) is 55.0 Å². The number of carbonyl (C=O) groups is 1. The molecule has 5 N–H and O–H groups in total. The van der Waals surface area contributed by atoms with Crippen LogP contribution in [0.15, 0.2) is 18.5 Å². The molecule has 2 amide bonds. The summed E-state index contributed by atoms with van der Waals surface area (Å²) in [5, 5.41) is 15.2. The minimum atomic E-state index is -0.0743. The van der Waals surface area contributed by atoms with Crippen molar-refractivity contribution in [2.45, 2.75) is 45.3 Å². The first-order chi connectivity index (χ1) is 15.8. The van der Waals surface area contributed by atoms with E-state index in [9.17, 15) is 4.79 Å². The average molecular weight is 468 g/mol. The van der Waals surface area contributed by atoms with Crippen LogP contribution in [0.5, 0.6) is 5.75 Å². The van der Waals surface area contributed by atoms with Gasteiger partial charge < -0.3 is 31.4 Å². The highest BCUT2D eigenvalue weighted by molar-refractivity contribution is 7.19. The number of urea groups is 1. The van der Waals surface area contributed by atoms with Gasteiger partial charge in [0.2, 0.25) is 0 Å². The fourth-order valence-corrected chi connectivity index (χ4v) is 5.21. The van der Waals surface area contributed by atoms with E-state index in [2.05, 4.69) is 20.6 Å². The third kappa shape index (κ3) is 4.70. The summed E-state index contributed by atoms with van der Waals surface area (Å²) < 4.78 is 5.97. The zero-order chi connectivity index (χ0) is 23.7. The highest BCUT2D eigenvalue weighted by Gasteiger charge is 2.26. The van der Waals surface area contributed by atoms with Crippen LogP contribution in [0.3, 0.4) is 0 Å². The predicted octanol–water partition coefficient (Wildman–Crippen LogP) is 3.93. The Balaban J connectivity index is 1.69. The molecule has 0 spiro atoms. The van der Waals surface area contributed by atoms with Gasteiger partial charge in [-0.1, -0.05) is 0 Å². The first-order valence-electron chi connectivity index (χ1n) is 10.9. The predicted molar refractivity (Wildman–Crippen MR) is 133 cm³/mol. The van der Waals surface area contributed by atoms with E-state index >= 15 is 0 Å². The van der Waals surface area contributed by atoms with Gasteiger partial charge in [-0.2, -0.15) is 0 Å². The first kappa shape index (κ1) is 22.8. The van der Waals surface area contributed by atoms with E-state index in [4.69, 9.17) is 15.9 Å². The quantitative estimate of drug-likeness (QED) is 0.321. The molecule has 2 heterocycles. The van der Waals surface area contributed by atoms with Crippen LogP contribution in [0.1, 0.15) is 36.3 Å². The van der Waals surface area contributed by atoms with Gasteiger partial charge in [0.15, 0.2) is 0 Å². The van der Waals surface area contributed by atoms with Crippen molar-refractivity contribution < 1.29 is 9.53 Å². The second-order valence-corrected chi connectivity index (χ2v) is 9.69. The van der Waals surface area contributed by atoms with Crippen LogP contribution < -0.4 is 21.1 Å². The summed E-state index contributed by atoms with van der Waals surface area (Å²) in [6, 6.07) is 3.57. The second-order valence-electron chi connectivity index (χ2n) is 8.60. The van der Waals surface area contributed by atoms with Gasteiger partial charge in [0.05, 0.1) is 17.2 Å². The lowest BCUT2D eigenvalue weighted by Gasteiger charge is -2.25. The number of nitrogen functional groups attached to an aromatic ring is 1. The van der Waals surface area contributed by atoms with Crippen LogP contribution in [0.4, 0.5) is 22.0 Å². The zero-order valence-corrected chi connectivity index (χ0v) is 20.0. The summed E-state index contributed by atoms with van der Waals surface area (Å²) in [6.45, 7) is 3.91. The molecule has 10 heteroatoms. The normalized spacial score (nSPS) is 15.2. The number of nitrogens with zero attached hydrogens (tertiary/aromatic N) is 3. The number of benzene rings is 1. The third-order valence-electron chi connectivity index (χ3n) is 5.54. The number of aromatic nitrogens is 2. The summed E-state index contributed by atoms with van der Waals surface area (Å²) >= 11 is 1.65. The van der Waals surface area contributed by atoms with E-state index in [0.29, 0.717) is 28.5 Å². The maximum atomic E-state index is 12.1. The Morgan fingerprint density at radius 3 is 2.85 bits per heavy atom. The van der Waals surface area contributed by atoms with Gasteiger partial charge >= 0.3 is 6.03 Å². The molecule has 1 unspecified atom stereocenters. The number of amides is 2. The van der Waals surface area contributed by atoms with Gasteiger partial charge in [0.25, 0.3) is 0 Å². The molecule has 0 saturated carbocycles. The molecule has 1 aliphatic carbocycles. The molecule has 0 aliphatic heterocycles. The number of nitrogens with one attached hydrogen (secondary N) is 3. The molecule has 0 radical (unpaired) electrons. The van der Waals surface area contributed by atoms with Crippen molar-refractivity contribution in [3.63, 3.8) is 0 Å². The minimum Gasteiger partial charge on any atom is -0.489 e. The molecule has 1 atom stereocenters. The van der Waals surface area contributed by atoms with E-state index in [1.807, 2.05) is 13.8 Å². The fraction of sp³-hybridized carbons (Fsp3) is 0.391. The summed E-state index contributed by atoms with van der Waals surface area (Å²) in [4.78, 5) is 24.8. The number of hydrogen-bond acceptors (Lipinski definition) is 8. The molecule has 174 valence electrons. The van der Waals surface area contributed by atoms with Crippen LogP contribution in [0, 0.1) is 5.41 Å². The molecule has 0 saturated heterocycles. The summed E-state index contributed by atoms with van der Waals surface area (Å²) in [6.07, 6.45) is 5.20. The highest BCUT2D eigenvalue weighted by Crippen LogP contribution is 2.40. The molecule has 1 aromatic carbocycles. The molecule has 4 rings (SSSR count). The summed E-state index contributed by atoms with van der Waals surface area (Å²) in [5.74, 6) is 1.30. The third-order valence-corrected chi connectivity index (χ3v) is 6.70. The van der Waals surface area contributed by atoms with Crippen molar-refractivity contribution in [1.29, 1.82) is 5.41 Å². The van der Waals surface area contributed by atoms with E-state index in [1.165, 1.54) is 16.7 Å². The largest absolute Gasteiger partial charge is 0.489 e. The Bertz CT molecular complexity index is 1210. The molecular formula is C23H29N7O2S. The zero-order valence-electron chi connectivity index (χ0n) is 19.2. The van der Waals surface area contributed by atoms with Crippen LogP contribution in [-0.4, -0.2) is 53.4 Å². The molecule has 3 aromatic rings. The molecule has 0 bridgehead atoms. The van der Waals surface area contributed by atoms with Crippen LogP contribution in [-0.2, 0) is 12.8 Å². The van der Waals surface area contributed by atoms with Crippen molar-refractivity contribution in [3.05, 3.63) is 34.5 Å². The number of thiophene rings is 1. The summed E-state index contributed by atoms with van der Waals surface area (Å²) in [5.41, 5.74) is 9.09. The molecule has 33 heavy (non-hydrogen) atoms. The van der Waals surface area contributed by atoms with Gasteiger partial charge in [-0.25, -0.2) is 14.8 Å². The molecule has 9 nitrogen and oxygen atoms in total. The Kier molecular flexibility index (Phi) is 6.37. The molecule has 0 fully saturated rings. The standard InChI is InChI=1S/C23H29N7O2S/c1-12(2)32-18-9-16(25)13(10-24)7-17(18)29-21-20-15-6-5-14(28-23(31)30(3)4)8-19(15)33-22(20)27-11-26-21/h7,9-12,14,24H,5-6,8,25H2,1-4H3,(H,28,31)(H,26,27,29). The lowest BCUT2D eigenvalue weighted by atomic mass is 9.93. The van der Waals surface area contributed by atoms with Crippen molar-refractivity contribution >= 4 is 51.0 Å². The number of fused-ring (bicyclic) bond motifs is 3. The number of ether oxygens (including phenoxy) is 1. The van der Waals surface area contributed by atoms with Crippen LogP contribution in [0.25, 0.3) is 10.2 Å². The van der Waals surface area contributed by atoms with Gasteiger partial charge in [0.1, 0.15) is 22.7 Å². The average Bonchev–Trinajstić information content (AvgIpc) is 3.13. The highest BCUT2D eigenvalue weighted by atomic mass is 32.1. The lowest BCUT2D eigenvalue weighted by molar-refractivity contribution is 0.212. The lowest BCUT2D eigenvalue weighted by Crippen LogP contribution is -2.43. The number of aryl methyl sites for hydroxylation is 1. The topological polar surface area (TPSA) is 129 Å². The number of anilines is 3. The van der Waals surface area contributed by atoms with Crippen molar-refractivity contribution in [1.82, 2.24) is 20.2 Å². The molecule has 2 aromatic heterocycles. The van der Waals surface area contributed by atoms with E-state index in [-0.39, 0.29) is 18.2 Å². The monoisotopic (exact) mass is 467 g/mol. The fourth-order valence-electron chi connectivity index (χ4n) is 3.95. The van der Waals surface area contributed by atoms with Crippen LogP contribution >= 0.6 is 11.3 Å². The number of carbonyl (C=O) groups excluding carboxylic acids is 1. The molecule has 1 aliphatic rings. The Labute approximate surface area is 196 Å². The minimum absolute atomic E-state index is 0.0376. The Morgan fingerprint density at radius 1 is 1.36 bits per heavy atom. The van der Waals surface area contributed by atoms with E-state index in [1.54, 1.807) is 48.8 Å². The maximum Gasteiger partial charge on any atom is 0.317 e. The van der Waals surface area contributed by atoms with Gasteiger partial charge in [-0.05, 0) is 38.3 Å². The van der Waals surface area contributed by atoms with Crippen molar-refractivity contribution in [2.24, 2.45) is 0 Å². The van der Waals surface area contributed by atoms with E-state index < -0.39 is 0 Å². The first-order valence-corrected chi connectivity index (χ1v) is 11.7. The Hall–Kier alpha value is -3.40. The molecular weight excluding hydrogens is 438 g/mol. The van der Waals surface area contributed by atoms with E-state index in [0.717, 1.165) is 29.5 Å². The SMILES string of the molecule is CC(C)Oc1cc(N)c(C=N)cc1Nc1ncnc2sc3c(c12)CCC(NC(=O)N(C)C)C3. The second kappa shape index (κ2) is 9.22. The summed E-state index contributed by atoms with van der Waals surface area (Å²) in [7, 11) is 3.49. The van der Waals surface area contributed by atoms with Gasteiger partial charge in [-0.15, -0.1) is 11.3 Å². The van der Waals surface area contributed by atoms with Crippen molar-refractivity contribution in [3.8, 4) is 5.75 Å². The van der Waals surface area contributed by atoms with Gasteiger partial charge in [-0.3, -0.25) is 0 Å². The smallest absolute Gasteiger partial charge is 0.317 e. The Morgan fingerprint density at radius 2 is 2.15 bits per heavy atom. The van der Waals surface area contributed by atoms with Crippen molar-refractivity contribution in [2.75, 3.05) is 25.1 Å². The maximum absolute atomic E-state index is 12.1. The number of hydrogen-bond donors (Lipinski definition) is 4.